The van der Waals surface area contributed by atoms with Crippen LogP contribution in [-0.2, 0) is 0 Å². The zero-order chi connectivity index (χ0) is 19.8. The molecule has 2 aromatic heterocycles. The van der Waals surface area contributed by atoms with Crippen molar-refractivity contribution in [3.8, 4) is 11.1 Å². The van der Waals surface area contributed by atoms with Crippen molar-refractivity contribution in [2.45, 2.75) is 6.92 Å². The van der Waals surface area contributed by atoms with Gasteiger partial charge in [0.2, 0.25) is 5.91 Å². The Morgan fingerprint density at radius 1 is 1.00 bits per heavy atom. The fourth-order valence-electron chi connectivity index (χ4n) is 3.16. The maximum Gasteiger partial charge on any atom is 0.248 e. The zero-order valence-electron chi connectivity index (χ0n) is 15.0. The number of carbonyl (C=O) groups excluding carboxylic acids is 2. The molecule has 0 bridgehead atoms. The number of aromatic nitrogens is 2. The van der Waals surface area contributed by atoms with Gasteiger partial charge < -0.3 is 10.7 Å². The number of ketones is 1. The Balaban J connectivity index is 1.79. The van der Waals surface area contributed by atoms with Gasteiger partial charge in [-0.1, -0.05) is 18.2 Å². The number of hydrogen-bond acceptors (Lipinski definition) is 3. The number of rotatable bonds is 4. The maximum atomic E-state index is 13.6. The van der Waals surface area contributed by atoms with E-state index in [4.69, 9.17) is 5.73 Å². The lowest BCUT2D eigenvalue weighted by Crippen LogP contribution is -2.10. The van der Waals surface area contributed by atoms with Gasteiger partial charge in [0.25, 0.3) is 0 Å². The first-order chi connectivity index (χ1) is 13.4. The Morgan fingerprint density at radius 2 is 1.75 bits per heavy atom. The van der Waals surface area contributed by atoms with Crippen LogP contribution in [0.1, 0.15) is 31.8 Å². The molecule has 2 aromatic carbocycles. The fourth-order valence-corrected chi connectivity index (χ4v) is 3.16. The van der Waals surface area contributed by atoms with Gasteiger partial charge >= 0.3 is 0 Å². The summed E-state index contributed by atoms with van der Waals surface area (Å²) in [4.78, 5) is 31.6. The number of nitrogens with two attached hydrogens (primary N) is 1. The van der Waals surface area contributed by atoms with E-state index in [1.54, 1.807) is 49.6 Å². The van der Waals surface area contributed by atoms with Gasteiger partial charge in [-0.15, -0.1) is 0 Å². The Hall–Kier alpha value is -3.80. The number of fused-ring (bicyclic) bond motifs is 1. The summed E-state index contributed by atoms with van der Waals surface area (Å²) in [7, 11) is 0. The van der Waals surface area contributed by atoms with Crippen molar-refractivity contribution < 1.29 is 14.0 Å². The monoisotopic (exact) mass is 373 g/mol. The summed E-state index contributed by atoms with van der Waals surface area (Å²) >= 11 is 0. The smallest absolute Gasteiger partial charge is 0.248 e. The van der Waals surface area contributed by atoms with Crippen LogP contribution >= 0.6 is 0 Å². The third-order valence-electron chi connectivity index (χ3n) is 4.72. The molecule has 2 heterocycles. The number of hydrogen-bond donors (Lipinski definition) is 2. The van der Waals surface area contributed by atoms with E-state index in [1.807, 2.05) is 6.07 Å². The molecule has 0 aliphatic heterocycles. The van der Waals surface area contributed by atoms with Crippen LogP contribution in [0.3, 0.4) is 0 Å². The fraction of sp³-hybridized carbons (Fsp3) is 0.0455. The molecule has 5 nitrogen and oxygen atoms in total. The average molecular weight is 373 g/mol. The molecule has 4 aromatic rings. The second-order valence-electron chi connectivity index (χ2n) is 6.55. The Bertz CT molecular complexity index is 1230. The summed E-state index contributed by atoms with van der Waals surface area (Å²) in [6.45, 7) is 1.77. The number of nitrogens with one attached hydrogen (secondary N) is 1. The highest BCUT2D eigenvalue weighted by molar-refractivity contribution is 6.16. The average Bonchev–Trinajstić information content (AvgIpc) is 3.12. The highest BCUT2D eigenvalue weighted by atomic mass is 19.1. The summed E-state index contributed by atoms with van der Waals surface area (Å²) in [5.41, 5.74) is 9.31. The molecule has 0 unspecified atom stereocenters. The molecule has 4 rings (SSSR count). The van der Waals surface area contributed by atoms with E-state index in [9.17, 15) is 14.0 Å². The molecule has 6 heteroatoms. The largest absolute Gasteiger partial charge is 0.366 e. The molecular formula is C22H16FN3O2. The van der Waals surface area contributed by atoms with Gasteiger partial charge in [-0.3, -0.25) is 9.59 Å². The van der Waals surface area contributed by atoms with Gasteiger partial charge in [-0.2, -0.15) is 0 Å². The summed E-state index contributed by atoms with van der Waals surface area (Å²) in [6.07, 6.45) is 3.27. The van der Waals surface area contributed by atoms with Crippen LogP contribution in [0.15, 0.2) is 60.9 Å². The van der Waals surface area contributed by atoms with E-state index in [0.29, 0.717) is 33.3 Å². The van der Waals surface area contributed by atoms with Crippen molar-refractivity contribution in [2.75, 3.05) is 0 Å². The quantitative estimate of drug-likeness (QED) is 0.530. The number of halogens is 1. The predicted molar refractivity (Wildman–Crippen MR) is 105 cm³/mol. The van der Waals surface area contributed by atoms with E-state index < -0.39 is 11.7 Å². The standard InChI is InChI=1S/C22H16FN3O2/c1-12-2-7-16(23)9-17(12)20(27)19-11-26-22-18(19)8-15(10-25-22)13-3-5-14(6-4-13)21(24)28/h2-11H,1H3,(H2,24,28)(H,25,26). The first-order valence-electron chi connectivity index (χ1n) is 8.62. The number of aryl methyl sites for hydroxylation is 1. The van der Waals surface area contributed by atoms with E-state index >= 15 is 0 Å². The minimum atomic E-state index is -0.496. The van der Waals surface area contributed by atoms with Crippen LogP contribution in [0.4, 0.5) is 4.39 Å². The van der Waals surface area contributed by atoms with Gasteiger partial charge in [0.15, 0.2) is 5.78 Å². The molecule has 0 fully saturated rings. The Labute approximate surface area is 160 Å². The second-order valence-corrected chi connectivity index (χ2v) is 6.55. The summed E-state index contributed by atoms with van der Waals surface area (Å²) < 4.78 is 13.6. The molecule has 0 aliphatic carbocycles. The minimum Gasteiger partial charge on any atom is -0.366 e. The van der Waals surface area contributed by atoms with Crippen molar-refractivity contribution in [3.63, 3.8) is 0 Å². The highest BCUT2D eigenvalue weighted by Gasteiger charge is 2.18. The lowest BCUT2D eigenvalue weighted by molar-refractivity contribution is 0.0998. The number of nitrogens with zero attached hydrogens (tertiary/aromatic N) is 1. The molecule has 3 N–H and O–H groups in total. The van der Waals surface area contributed by atoms with Crippen LogP contribution < -0.4 is 5.73 Å². The lowest BCUT2D eigenvalue weighted by atomic mass is 9.98. The highest BCUT2D eigenvalue weighted by Crippen LogP contribution is 2.27. The molecule has 0 saturated heterocycles. The summed E-state index contributed by atoms with van der Waals surface area (Å²) in [6, 6.07) is 12.8. The normalized spacial score (nSPS) is 10.9. The van der Waals surface area contributed by atoms with Gasteiger partial charge in [0.05, 0.1) is 0 Å². The zero-order valence-corrected chi connectivity index (χ0v) is 15.0. The molecule has 138 valence electrons. The van der Waals surface area contributed by atoms with Gasteiger partial charge in [-0.05, 0) is 48.4 Å². The van der Waals surface area contributed by atoms with Crippen molar-refractivity contribution in [3.05, 3.63) is 89.0 Å². The molecule has 0 atom stereocenters. The first kappa shape index (κ1) is 17.6. The Kier molecular flexibility index (Phi) is 4.24. The maximum absolute atomic E-state index is 13.6. The van der Waals surface area contributed by atoms with E-state index in [2.05, 4.69) is 9.97 Å². The number of aromatic amines is 1. The first-order valence-corrected chi connectivity index (χ1v) is 8.62. The van der Waals surface area contributed by atoms with Crippen molar-refractivity contribution >= 4 is 22.7 Å². The summed E-state index contributed by atoms with van der Waals surface area (Å²) in [5.74, 6) is -1.22. The lowest BCUT2D eigenvalue weighted by Gasteiger charge is -2.06. The molecule has 0 saturated carbocycles. The van der Waals surface area contributed by atoms with Crippen LogP contribution in [0.2, 0.25) is 0 Å². The third-order valence-corrected chi connectivity index (χ3v) is 4.72. The van der Waals surface area contributed by atoms with Crippen molar-refractivity contribution in [1.29, 1.82) is 0 Å². The molecule has 28 heavy (non-hydrogen) atoms. The van der Waals surface area contributed by atoms with Gasteiger partial charge in [0.1, 0.15) is 11.5 Å². The molecule has 0 spiro atoms. The SMILES string of the molecule is Cc1ccc(F)cc1C(=O)c1c[nH]c2ncc(-c3ccc(C(N)=O)cc3)cc12. The van der Waals surface area contributed by atoms with E-state index in [0.717, 1.165) is 11.1 Å². The number of pyridine rings is 1. The predicted octanol–water partition coefficient (Wildman–Crippen LogP) is 4.01. The number of amides is 1. The Morgan fingerprint density at radius 3 is 2.46 bits per heavy atom. The van der Waals surface area contributed by atoms with Crippen LogP contribution in [-0.4, -0.2) is 21.7 Å². The number of benzene rings is 2. The van der Waals surface area contributed by atoms with Crippen LogP contribution in [0.25, 0.3) is 22.2 Å². The molecule has 0 radical (unpaired) electrons. The number of carbonyl (C=O) groups is 2. The van der Waals surface area contributed by atoms with E-state index in [-0.39, 0.29) is 5.78 Å². The molecule has 1 amide bonds. The summed E-state index contributed by atoms with van der Waals surface area (Å²) in [5, 5.41) is 0.644. The van der Waals surface area contributed by atoms with Gasteiger partial charge in [0, 0.05) is 40.0 Å². The van der Waals surface area contributed by atoms with Crippen molar-refractivity contribution in [2.24, 2.45) is 5.73 Å². The number of primary amides is 1. The minimum absolute atomic E-state index is 0.272. The van der Waals surface area contributed by atoms with Crippen LogP contribution in [0.5, 0.6) is 0 Å². The van der Waals surface area contributed by atoms with Gasteiger partial charge in [-0.25, -0.2) is 9.37 Å². The molecule has 0 aliphatic rings. The van der Waals surface area contributed by atoms with E-state index in [1.165, 1.54) is 12.1 Å². The van der Waals surface area contributed by atoms with Crippen molar-refractivity contribution in [1.82, 2.24) is 9.97 Å². The third kappa shape index (κ3) is 3.05. The molecular weight excluding hydrogens is 357 g/mol. The second kappa shape index (κ2) is 6.74. The van der Waals surface area contributed by atoms with Crippen LogP contribution in [0, 0.1) is 12.7 Å². The topological polar surface area (TPSA) is 88.8 Å². The number of H-pyrrole nitrogens is 1.